The van der Waals surface area contributed by atoms with Crippen LogP contribution < -0.4 is 0 Å². The third-order valence-corrected chi connectivity index (χ3v) is 2.46. The summed E-state index contributed by atoms with van der Waals surface area (Å²) < 4.78 is 0. The molecule has 2 N–H and O–H groups in total. The summed E-state index contributed by atoms with van der Waals surface area (Å²) in [6, 6.07) is 0. The molecule has 0 bridgehead atoms. The van der Waals surface area contributed by atoms with Gasteiger partial charge in [-0.1, -0.05) is 0 Å². The Bertz CT molecular complexity index is 365. The molecule has 0 aliphatic heterocycles. The molecule has 120 valence electrons. The highest BCUT2D eigenvalue weighted by Crippen LogP contribution is 1.99. The monoisotopic (exact) mass is 308 g/mol. The molecule has 12 heteroatoms. The lowest BCUT2D eigenvalue weighted by Crippen LogP contribution is -2.37. The molecule has 0 aliphatic rings. The fourth-order valence-corrected chi connectivity index (χ4v) is 1.44. The summed E-state index contributed by atoms with van der Waals surface area (Å²) in [5.74, 6) is -2.37. The molecule has 0 aromatic carbocycles. The molecule has 0 amide bonds. The van der Waals surface area contributed by atoms with Crippen molar-refractivity contribution in [3.8, 4) is 0 Å². The number of carbonyl (C=O) groups is 2. The molecule has 0 spiro atoms. The van der Waals surface area contributed by atoms with Gasteiger partial charge >= 0.3 is 11.9 Å². The molecule has 12 nitrogen and oxygen atoms in total. The Balaban J connectivity index is 4.24. The normalized spacial score (nSPS) is 9.90. The Kier molecular flexibility index (Phi) is 8.10. The van der Waals surface area contributed by atoms with E-state index < -0.39 is 34.8 Å². The van der Waals surface area contributed by atoms with E-state index in [0.29, 0.717) is 10.0 Å². The number of hydrogen-bond acceptors (Lipinski definition) is 6. The minimum absolute atomic E-state index is 0.0290. The molecule has 0 aliphatic carbocycles. The van der Waals surface area contributed by atoms with Crippen LogP contribution in [0.15, 0.2) is 0 Å². The summed E-state index contributed by atoms with van der Waals surface area (Å²) in [4.78, 5) is 42.0. The van der Waals surface area contributed by atoms with E-state index in [1.165, 1.54) is 0 Å². The van der Waals surface area contributed by atoms with Crippen molar-refractivity contribution in [2.75, 3.05) is 26.2 Å². The predicted molar refractivity (Wildman–Crippen MR) is 66.3 cm³/mol. The molecule has 0 atom stereocenters. The van der Waals surface area contributed by atoms with Crippen LogP contribution in [-0.4, -0.2) is 68.4 Å². The highest BCUT2D eigenvalue weighted by atomic mass is 16.7. The average Bonchev–Trinajstić information content (AvgIpc) is 2.35. The first-order valence-corrected chi connectivity index (χ1v) is 5.96. The molecule has 0 saturated carbocycles. The number of aliphatic carboxylic acids is 2. The fraction of sp³-hybridized carbons (Fsp3) is 0.778. The lowest BCUT2D eigenvalue weighted by molar-refractivity contribution is -0.662. The van der Waals surface area contributed by atoms with Gasteiger partial charge in [0.2, 0.25) is 0 Å². The SMILES string of the molecule is O=C(O)CCN(CCCN(CCC(=O)O)[N+](=O)[O-])[N+](=O)[O-]. The van der Waals surface area contributed by atoms with Crippen LogP contribution >= 0.6 is 0 Å². The molecule has 0 saturated heterocycles. The molecule has 0 heterocycles. The van der Waals surface area contributed by atoms with Gasteiger partial charge in [0, 0.05) is 0 Å². The number of carboxylic acids is 2. The van der Waals surface area contributed by atoms with Crippen molar-refractivity contribution in [1.82, 2.24) is 10.0 Å². The van der Waals surface area contributed by atoms with Crippen LogP contribution in [0, 0.1) is 20.2 Å². The Labute approximate surface area is 118 Å². The van der Waals surface area contributed by atoms with Gasteiger partial charge in [0.25, 0.3) is 0 Å². The van der Waals surface area contributed by atoms with E-state index in [1.807, 2.05) is 0 Å². The second kappa shape index (κ2) is 9.28. The minimum atomic E-state index is -1.18. The van der Waals surface area contributed by atoms with Gasteiger partial charge in [-0.3, -0.25) is 9.59 Å². The van der Waals surface area contributed by atoms with Crippen molar-refractivity contribution in [3.05, 3.63) is 20.2 Å². The molecular formula is C9H16N4O8. The smallest absolute Gasteiger partial charge is 0.305 e. The topological polar surface area (TPSA) is 167 Å². The van der Waals surface area contributed by atoms with Gasteiger partial charge in [-0.15, -0.1) is 10.0 Å². The number of hydrogen-bond donors (Lipinski definition) is 2. The third-order valence-electron chi connectivity index (χ3n) is 2.46. The summed E-state index contributed by atoms with van der Waals surface area (Å²) in [6.07, 6.45) is -0.806. The second-order valence-electron chi connectivity index (χ2n) is 4.02. The van der Waals surface area contributed by atoms with Gasteiger partial charge < -0.3 is 10.2 Å². The zero-order valence-electron chi connectivity index (χ0n) is 11.1. The largest absolute Gasteiger partial charge is 0.481 e. The maximum atomic E-state index is 10.6. The van der Waals surface area contributed by atoms with E-state index in [4.69, 9.17) is 10.2 Å². The van der Waals surface area contributed by atoms with Crippen LogP contribution in [0.3, 0.4) is 0 Å². The van der Waals surface area contributed by atoms with E-state index in [9.17, 15) is 29.8 Å². The van der Waals surface area contributed by atoms with Gasteiger partial charge in [-0.2, -0.15) is 0 Å². The molecule has 0 aromatic rings. The molecular weight excluding hydrogens is 292 g/mol. The maximum absolute atomic E-state index is 10.6. The standard InChI is InChI=1S/C9H16N4O8/c14-8(15)2-6-10(12(18)19)4-1-5-11(13(20)21)7-3-9(16)17/h1-7H2,(H,14,15)(H,16,17). The van der Waals surface area contributed by atoms with E-state index in [1.54, 1.807) is 0 Å². The summed E-state index contributed by atoms with van der Waals surface area (Å²) in [5.41, 5.74) is 0. The van der Waals surface area contributed by atoms with Crippen molar-refractivity contribution in [3.63, 3.8) is 0 Å². The van der Waals surface area contributed by atoms with E-state index in [2.05, 4.69) is 0 Å². The Morgan fingerprint density at radius 3 is 1.38 bits per heavy atom. The summed E-state index contributed by atoms with van der Waals surface area (Å²) >= 11 is 0. The maximum Gasteiger partial charge on any atom is 0.305 e. The molecule has 0 unspecified atom stereocenters. The van der Waals surface area contributed by atoms with Gasteiger partial charge in [0.1, 0.15) is 0 Å². The molecule has 21 heavy (non-hydrogen) atoms. The van der Waals surface area contributed by atoms with E-state index in [-0.39, 0.29) is 32.6 Å². The lowest BCUT2D eigenvalue weighted by Gasteiger charge is -2.16. The second-order valence-corrected chi connectivity index (χ2v) is 4.02. The minimum Gasteiger partial charge on any atom is -0.481 e. The Hall–Kier alpha value is -2.66. The van der Waals surface area contributed by atoms with Gasteiger partial charge in [0.05, 0.1) is 39.0 Å². The van der Waals surface area contributed by atoms with Crippen LogP contribution in [0.25, 0.3) is 0 Å². The first-order chi connectivity index (χ1) is 9.73. The van der Waals surface area contributed by atoms with Crippen molar-refractivity contribution in [1.29, 1.82) is 0 Å². The van der Waals surface area contributed by atoms with Crippen LogP contribution in [-0.2, 0) is 9.59 Å². The average molecular weight is 308 g/mol. The third kappa shape index (κ3) is 8.96. The quantitative estimate of drug-likeness (QED) is 0.348. The zero-order chi connectivity index (χ0) is 16.4. The van der Waals surface area contributed by atoms with Crippen molar-refractivity contribution < 1.29 is 29.9 Å². The zero-order valence-corrected chi connectivity index (χ0v) is 11.1. The highest BCUT2D eigenvalue weighted by Gasteiger charge is 2.19. The van der Waals surface area contributed by atoms with Crippen molar-refractivity contribution >= 4 is 11.9 Å². The van der Waals surface area contributed by atoms with Crippen molar-refractivity contribution in [2.24, 2.45) is 0 Å². The van der Waals surface area contributed by atoms with E-state index >= 15 is 0 Å². The Morgan fingerprint density at radius 1 is 0.810 bits per heavy atom. The summed E-state index contributed by atoms with van der Waals surface area (Å²) in [6.45, 7) is -0.957. The molecule has 0 fully saturated rings. The summed E-state index contributed by atoms with van der Waals surface area (Å²) in [5, 5.41) is 38.0. The van der Waals surface area contributed by atoms with Gasteiger partial charge in [-0.25, -0.2) is 20.2 Å². The molecule has 0 rings (SSSR count). The van der Waals surface area contributed by atoms with Crippen LogP contribution in [0.4, 0.5) is 0 Å². The number of nitro groups is 2. The predicted octanol–water partition coefficient (Wildman–Crippen LogP) is -0.687. The van der Waals surface area contributed by atoms with Gasteiger partial charge in [-0.05, 0) is 6.42 Å². The van der Waals surface area contributed by atoms with Crippen LogP contribution in [0.5, 0.6) is 0 Å². The van der Waals surface area contributed by atoms with E-state index in [0.717, 1.165) is 0 Å². The Morgan fingerprint density at radius 2 is 1.14 bits per heavy atom. The molecule has 0 aromatic heterocycles. The lowest BCUT2D eigenvalue weighted by atomic mass is 10.3. The first kappa shape index (κ1) is 18.3. The van der Waals surface area contributed by atoms with Crippen molar-refractivity contribution in [2.45, 2.75) is 19.3 Å². The number of carboxylic acid groups (broad SMARTS) is 2. The van der Waals surface area contributed by atoms with Crippen LogP contribution in [0.2, 0.25) is 0 Å². The number of rotatable bonds is 12. The molecule has 0 radical (unpaired) electrons. The fourth-order valence-electron chi connectivity index (χ4n) is 1.44. The summed E-state index contributed by atoms with van der Waals surface area (Å²) in [7, 11) is 0. The first-order valence-electron chi connectivity index (χ1n) is 5.96. The van der Waals surface area contributed by atoms with Gasteiger partial charge in [0.15, 0.2) is 10.1 Å². The van der Waals surface area contributed by atoms with Crippen LogP contribution in [0.1, 0.15) is 19.3 Å². The highest BCUT2D eigenvalue weighted by molar-refractivity contribution is 5.67. The number of nitrogens with zero attached hydrogens (tertiary/aromatic N) is 4. The number of hydrazine groups is 2.